The third-order valence-corrected chi connectivity index (χ3v) is 5.04. The molecule has 0 N–H and O–H groups in total. The van der Waals surface area contributed by atoms with Gasteiger partial charge >= 0.3 is 5.69 Å². The second-order valence-corrected chi connectivity index (χ2v) is 6.81. The summed E-state index contributed by atoms with van der Waals surface area (Å²) in [5, 5.41) is 10.2. The summed E-state index contributed by atoms with van der Waals surface area (Å²) in [5.41, 5.74) is 0.445. The summed E-state index contributed by atoms with van der Waals surface area (Å²) in [6.45, 7) is 2.57. The van der Waals surface area contributed by atoms with E-state index in [-0.39, 0.29) is 12.5 Å². The van der Waals surface area contributed by atoms with E-state index in [1.54, 1.807) is 31.3 Å². The normalized spacial score (nSPS) is 10.7. The lowest BCUT2D eigenvalue weighted by atomic mass is 10.2. The average Bonchev–Trinajstić information content (AvgIpc) is 3.36. The van der Waals surface area contributed by atoms with Gasteiger partial charge in [0, 0.05) is 13.1 Å². The van der Waals surface area contributed by atoms with Gasteiger partial charge in [0.15, 0.2) is 11.5 Å². The second kappa shape index (κ2) is 8.70. The number of benzene rings is 1. The number of carbonyl (C=O) groups excluding carboxylic acids is 1. The Balaban J connectivity index is 1.73. The van der Waals surface area contributed by atoms with Crippen LogP contribution in [0.4, 0.5) is 0 Å². The Labute approximate surface area is 165 Å². The van der Waals surface area contributed by atoms with E-state index in [9.17, 15) is 9.59 Å². The number of ether oxygens (including phenoxy) is 2. The first-order valence-electron chi connectivity index (χ1n) is 8.62. The zero-order valence-electron chi connectivity index (χ0n) is 15.9. The number of likely N-dealkylation sites (N-methyl/N-ethyl adjacent to an activating group) is 1. The number of aromatic nitrogens is 4. The van der Waals surface area contributed by atoms with Gasteiger partial charge in [-0.3, -0.25) is 4.79 Å². The first kappa shape index (κ1) is 19.6. The fourth-order valence-electron chi connectivity index (χ4n) is 2.71. The molecular weight excluding hydrogens is 382 g/mol. The average molecular weight is 403 g/mol. The van der Waals surface area contributed by atoms with E-state index >= 15 is 0 Å². The zero-order chi connectivity index (χ0) is 20.1. The maximum atomic E-state index is 12.7. The molecule has 9 nitrogen and oxygen atoms in total. The summed E-state index contributed by atoms with van der Waals surface area (Å²) >= 11 is 1.37. The number of hydrogen-bond acceptors (Lipinski definition) is 7. The van der Waals surface area contributed by atoms with Gasteiger partial charge in [0.2, 0.25) is 5.91 Å². The molecule has 3 aromatic rings. The van der Waals surface area contributed by atoms with Crippen molar-refractivity contribution in [3.63, 3.8) is 0 Å². The number of thiophene rings is 1. The molecule has 1 aromatic carbocycles. The molecule has 148 valence electrons. The van der Waals surface area contributed by atoms with Crippen molar-refractivity contribution in [1.82, 2.24) is 24.7 Å². The van der Waals surface area contributed by atoms with Crippen LogP contribution in [0, 0.1) is 0 Å². The Morgan fingerprint density at radius 1 is 1.18 bits per heavy atom. The van der Waals surface area contributed by atoms with Gasteiger partial charge in [0.25, 0.3) is 0 Å². The third-order valence-electron chi connectivity index (χ3n) is 4.20. The predicted octanol–water partition coefficient (Wildman–Crippen LogP) is 1.56. The number of nitrogens with zero attached hydrogens (tertiary/aromatic N) is 5. The quantitative estimate of drug-likeness (QED) is 0.567. The molecule has 3 rings (SSSR count). The Morgan fingerprint density at radius 3 is 2.61 bits per heavy atom. The summed E-state index contributed by atoms with van der Waals surface area (Å²) in [6, 6.07) is 9.08. The van der Waals surface area contributed by atoms with E-state index in [2.05, 4.69) is 10.4 Å². The molecule has 0 aliphatic carbocycles. The van der Waals surface area contributed by atoms with E-state index in [1.807, 2.05) is 30.5 Å². The highest BCUT2D eigenvalue weighted by Gasteiger charge is 2.18. The maximum absolute atomic E-state index is 12.7. The fraction of sp³-hybridized carbons (Fsp3) is 0.333. The summed E-state index contributed by atoms with van der Waals surface area (Å²) in [5.74, 6) is 0.994. The topological polar surface area (TPSA) is 91.5 Å². The van der Waals surface area contributed by atoms with Crippen LogP contribution in [0.1, 0.15) is 12.5 Å². The van der Waals surface area contributed by atoms with E-state index in [4.69, 9.17) is 9.47 Å². The van der Waals surface area contributed by atoms with Gasteiger partial charge in [-0.05, 0) is 52.6 Å². The molecule has 1 amide bonds. The number of hydrogen-bond donors (Lipinski definition) is 0. The molecule has 0 radical (unpaired) electrons. The SMILES string of the molecule is CCN(Cc1ccc(OC)c(OC)c1)C(=O)Cn1nnn(-c2cccs2)c1=O. The highest BCUT2D eigenvalue weighted by molar-refractivity contribution is 7.12. The van der Waals surface area contributed by atoms with Crippen molar-refractivity contribution in [2.24, 2.45) is 0 Å². The smallest absolute Gasteiger partial charge is 0.369 e. The molecule has 2 aromatic heterocycles. The minimum absolute atomic E-state index is 0.175. The van der Waals surface area contributed by atoms with Crippen LogP contribution in [-0.4, -0.2) is 51.4 Å². The number of methoxy groups -OCH3 is 2. The molecule has 10 heteroatoms. The third kappa shape index (κ3) is 4.06. The predicted molar refractivity (Wildman–Crippen MR) is 104 cm³/mol. The molecule has 0 atom stereocenters. The second-order valence-electron chi connectivity index (χ2n) is 5.88. The van der Waals surface area contributed by atoms with Gasteiger partial charge in [-0.1, -0.05) is 6.07 Å². The van der Waals surface area contributed by atoms with Crippen LogP contribution in [0.2, 0.25) is 0 Å². The van der Waals surface area contributed by atoms with E-state index in [0.717, 1.165) is 10.2 Å². The van der Waals surface area contributed by atoms with Gasteiger partial charge in [0.05, 0.1) is 14.2 Å². The lowest BCUT2D eigenvalue weighted by Gasteiger charge is -2.21. The summed E-state index contributed by atoms with van der Waals surface area (Å²) in [6.07, 6.45) is 0. The van der Waals surface area contributed by atoms with Gasteiger partial charge < -0.3 is 14.4 Å². The molecule has 0 bridgehead atoms. The zero-order valence-corrected chi connectivity index (χ0v) is 16.7. The van der Waals surface area contributed by atoms with E-state index in [0.29, 0.717) is 29.6 Å². The number of tetrazole rings is 1. The van der Waals surface area contributed by atoms with Crippen molar-refractivity contribution < 1.29 is 14.3 Å². The first-order chi connectivity index (χ1) is 13.6. The van der Waals surface area contributed by atoms with E-state index < -0.39 is 5.69 Å². The molecule has 0 fully saturated rings. The Morgan fingerprint density at radius 2 is 1.96 bits per heavy atom. The molecule has 0 aliphatic rings. The van der Waals surface area contributed by atoms with Crippen molar-refractivity contribution in [2.75, 3.05) is 20.8 Å². The van der Waals surface area contributed by atoms with Crippen molar-refractivity contribution in [3.8, 4) is 16.5 Å². The molecule has 2 heterocycles. The Kier molecular flexibility index (Phi) is 6.09. The highest BCUT2D eigenvalue weighted by Crippen LogP contribution is 2.28. The number of carbonyl (C=O) groups is 1. The van der Waals surface area contributed by atoms with Crippen LogP contribution >= 0.6 is 11.3 Å². The van der Waals surface area contributed by atoms with Gasteiger partial charge in [-0.2, -0.15) is 9.36 Å². The monoisotopic (exact) mass is 403 g/mol. The van der Waals surface area contributed by atoms with Crippen LogP contribution in [0.5, 0.6) is 11.5 Å². The minimum atomic E-state index is -0.446. The van der Waals surface area contributed by atoms with Crippen molar-refractivity contribution in [3.05, 3.63) is 51.8 Å². The van der Waals surface area contributed by atoms with E-state index in [1.165, 1.54) is 16.0 Å². The fourth-order valence-corrected chi connectivity index (χ4v) is 3.37. The standard InChI is InChI=1S/C18H21N5O4S/c1-4-21(11-13-7-8-14(26-2)15(10-13)27-3)16(24)12-22-18(25)23(20-19-22)17-6-5-9-28-17/h5-10H,4,11-12H2,1-3H3. The minimum Gasteiger partial charge on any atom is -0.493 e. The number of rotatable bonds is 8. The van der Waals surface area contributed by atoms with Crippen LogP contribution in [-0.2, 0) is 17.9 Å². The number of amides is 1. The molecule has 0 unspecified atom stereocenters. The molecule has 0 saturated heterocycles. The largest absolute Gasteiger partial charge is 0.493 e. The Bertz CT molecular complexity index is 996. The molecule has 0 aliphatic heterocycles. The van der Waals surface area contributed by atoms with Gasteiger partial charge in [-0.15, -0.1) is 11.3 Å². The first-order valence-corrected chi connectivity index (χ1v) is 9.50. The maximum Gasteiger partial charge on any atom is 0.369 e. The van der Waals surface area contributed by atoms with Crippen LogP contribution < -0.4 is 15.2 Å². The van der Waals surface area contributed by atoms with Crippen LogP contribution in [0.15, 0.2) is 40.5 Å². The van der Waals surface area contributed by atoms with Crippen molar-refractivity contribution in [2.45, 2.75) is 20.0 Å². The molecule has 0 saturated carbocycles. The summed E-state index contributed by atoms with van der Waals surface area (Å²) in [4.78, 5) is 26.8. The van der Waals surface area contributed by atoms with Gasteiger partial charge in [0.1, 0.15) is 11.5 Å². The lowest BCUT2D eigenvalue weighted by Crippen LogP contribution is -2.36. The van der Waals surface area contributed by atoms with Crippen molar-refractivity contribution >= 4 is 17.2 Å². The Hall–Kier alpha value is -3.14. The molecular formula is C18H21N5O4S. The van der Waals surface area contributed by atoms with Crippen molar-refractivity contribution in [1.29, 1.82) is 0 Å². The summed E-state index contributed by atoms with van der Waals surface area (Å²) < 4.78 is 12.8. The van der Waals surface area contributed by atoms with Crippen LogP contribution in [0.3, 0.4) is 0 Å². The van der Waals surface area contributed by atoms with Crippen LogP contribution in [0.25, 0.3) is 5.00 Å². The van der Waals surface area contributed by atoms with Gasteiger partial charge in [-0.25, -0.2) is 4.79 Å². The summed E-state index contributed by atoms with van der Waals surface area (Å²) in [7, 11) is 3.13. The molecule has 0 spiro atoms. The highest BCUT2D eigenvalue weighted by atomic mass is 32.1. The molecule has 28 heavy (non-hydrogen) atoms. The lowest BCUT2D eigenvalue weighted by molar-refractivity contribution is -0.132.